The number of aromatic hydroxyl groups is 1. The highest BCUT2D eigenvalue weighted by molar-refractivity contribution is 5.87. The van der Waals surface area contributed by atoms with Gasteiger partial charge in [-0.3, -0.25) is 20.2 Å². The van der Waals surface area contributed by atoms with E-state index in [9.17, 15) is 25.1 Å². The standard InChI is InChI=1S/C18H15N3O5/c22-15-6-5-9(21(25)26)7-12(15)17-16-11(8-14(20-17)18(23)24)10-3-1-2-4-13(10)19-16/h1-7,14,17,19-20,22H,8H2,(H,23,24)/t14-,17-/m1/s1. The Morgan fingerprint density at radius 2 is 2.00 bits per heavy atom. The van der Waals surface area contributed by atoms with E-state index in [1.807, 2.05) is 24.3 Å². The number of hydrogen-bond donors (Lipinski definition) is 4. The number of nitrogens with one attached hydrogen (secondary N) is 2. The van der Waals surface area contributed by atoms with Crippen molar-refractivity contribution in [3.8, 4) is 5.75 Å². The van der Waals surface area contributed by atoms with Crippen LogP contribution in [0.3, 0.4) is 0 Å². The number of aromatic nitrogens is 1. The van der Waals surface area contributed by atoms with E-state index in [-0.39, 0.29) is 23.4 Å². The number of phenolic OH excluding ortho intramolecular Hbond substituents is 1. The molecule has 0 spiro atoms. The van der Waals surface area contributed by atoms with Crippen molar-refractivity contribution >= 4 is 22.6 Å². The van der Waals surface area contributed by atoms with Crippen molar-refractivity contribution in [3.05, 3.63) is 69.4 Å². The first-order valence-electron chi connectivity index (χ1n) is 8.01. The van der Waals surface area contributed by atoms with Crippen LogP contribution < -0.4 is 5.32 Å². The number of fused-ring (bicyclic) bond motifs is 3. The van der Waals surface area contributed by atoms with Gasteiger partial charge in [0.15, 0.2) is 0 Å². The maximum atomic E-state index is 11.6. The van der Waals surface area contributed by atoms with Gasteiger partial charge in [0.1, 0.15) is 11.8 Å². The van der Waals surface area contributed by atoms with Crippen LogP contribution in [0.4, 0.5) is 5.69 Å². The van der Waals surface area contributed by atoms with E-state index >= 15 is 0 Å². The number of nitro benzene ring substituents is 1. The molecule has 1 aromatic heterocycles. The van der Waals surface area contributed by atoms with E-state index in [1.54, 1.807) is 0 Å². The van der Waals surface area contributed by atoms with Crippen LogP contribution in [0.15, 0.2) is 42.5 Å². The molecule has 2 aromatic carbocycles. The second-order valence-corrected chi connectivity index (χ2v) is 6.26. The zero-order valence-electron chi connectivity index (χ0n) is 13.5. The summed E-state index contributed by atoms with van der Waals surface area (Å²) in [6.07, 6.45) is 0.279. The minimum atomic E-state index is -1.02. The number of non-ortho nitro benzene ring substituents is 1. The molecular weight excluding hydrogens is 338 g/mol. The van der Waals surface area contributed by atoms with Gasteiger partial charge in [0.05, 0.1) is 11.0 Å². The van der Waals surface area contributed by atoms with Crippen molar-refractivity contribution in [2.75, 3.05) is 0 Å². The molecule has 1 aliphatic heterocycles. The number of benzene rings is 2. The molecule has 2 heterocycles. The van der Waals surface area contributed by atoms with Crippen LogP contribution in [0.5, 0.6) is 5.75 Å². The number of nitro groups is 1. The van der Waals surface area contributed by atoms with Gasteiger partial charge < -0.3 is 15.2 Å². The van der Waals surface area contributed by atoms with Crippen LogP contribution in [-0.4, -0.2) is 32.1 Å². The Hall–Kier alpha value is -3.39. The van der Waals surface area contributed by atoms with Crippen molar-refractivity contribution in [1.82, 2.24) is 10.3 Å². The minimum absolute atomic E-state index is 0.135. The van der Waals surface area contributed by atoms with Crippen molar-refractivity contribution in [2.45, 2.75) is 18.5 Å². The number of aliphatic carboxylic acids is 1. The van der Waals surface area contributed by atoms with Gasteiger partial charge in [0.2, 0.25) is 0 Å². The SMILES string of the molecule is O=C(O)[C@H]1Cc2c([nH]c3ccccc23)[C@@H](c2cc([N+](=O)[O-])ccc2O)N1. The zero-order valence-corrected chi connectivity index (χ0v) is 13.5. The van der Waals surface area contributed by atoms with Crippen molar-refractivity contribution in [3.63, 3.8) is 0 Å². The van der Waals surface area contributed by atoms with E-state index in [2.05, 4.69) is 10.3 Å². The van der Waals surface area contributed by atoms with E-state index < -0.39 is 23.0 Å². The van der Waals surface area contributed by atoms with E-state index in [0.717, 1.165) is 16.5 Å². The second-order valence-electron chi connectivity index (χ2n) is 6.26. The molecule has 4 N–H and O–H groups in total. The number of para-hydroxylation sites is 1. The molecule has 132 valence electrons. The Morgan fingerprint density at radius 1 is 1.23 bits per heavy atom. The Kier molecular flexibility index (Phi) is 3.62. The number of carboxylic acids is 1. The summed E-state index contributed by atoms with van der Waals surface area (Å²) in [5.41, 5.74) is 2.48. The van der Waals surface area contributed by atoms with Crippen LogP contribution in [0.1, 0.15) is 22.9 Å². The van der Waals surface area contributed by atoms with Crippen LogP contribution in [0.2, 0.25) is 0 Å². The van der Waals surface area contributed by atoms with E-state index in [1.165, 1.54) is 18.2 Å². The lowest BCUT2D eigenvalue weighted by Gasteiger charge is -2.29. The maximum Gasteiger partial charge on any atom is 0.321 e. The Balaban J connectivity index is 1.93. The molecule has 0 bridgehead atoms. The molecule has 0 saturated heterocycles. The number of aromatic amines is 1. The van der Waals surface area contributed by atoms with Gasteiger partial charge in [-0.1, -0.05) is 18.2 Å². The van der Waals surface area contributed by atoms with Gasteiger partial charge in [-0.25, -0.2) is 0 Å². The average Bonchev–Trinajstić information content (AvgIpc) is 3.00. The van der Waals surface area contributed by atoms with Crippen LogP contribution in [-0.2, 0) is 11.2 Å². The number of phenols is 1. The molecule has 26 heavy (non-hydrogen) atoms. The van der Waals surface area contributed by atoms with Crippen molar-refractivity contribution in [1.29, 1.82) is 0 Å². The van der Waals surface area contributed by atoms with E-state index in [0.29, 0.717) is 5.69 Å². The van der Waals surface area contributed by atoms with Crippen molar-refractivity contribution < 1.29 is 19.9 Å². The molecule has 4 rings (SSSR count). The predicted molar refractivity (Wildman–Crippen MR) is 93.2 cm³/mol. The molecule has 0 aliphatic carbocycles. The molecule has 3 aromatic rings. The van der Waals surface area contributed by atoms with Gasteiger partial charge >= 0.3 is 5.97 Å². The number of H-pyrrole nitrogens is 1. The lowest BCUT2D eigenvalue weighted by molar-refractivity contribution is -0.385. The zero-order chi connectivity index (χ0) is 18.4. The van der Waals surface area contributed by atoms with Crippen molar-refractivity contribution in [2.24, 2.45) is 0 Å². The van der Waals surface area contributed by atoms with Gasteiger partial charge in [-0.2, -0.15) is 0 Å². The first kappa shape index (κ1) is 16.1. The molecular formula is C18H15N3O5. The van der Waals surface area contributed by atoms with Gasteiger partial charge in [0, 0.05) is 40.7 Å². The topological polar surface area (TPSA) is 128 Å². The van der Waals surface area contributed by atoms with Crippen LogP contribution in [0.25, 0.3) is 10.9 Å². The van der Waals surface area contributed by atoms with Crippen LogP contribution in [0, 0.1) is 10.1 Å². The average molecular weight is 353 g/mol. The molecule has 0 saturated carbocycles. The summed E-state index contributed by atoms with van der Waals surface area (Å²) in [6.45, 7) is 0. The van der Waals surface area contributed by atoms with Gasteiger partial charge in [0.25, 0.3) is 5.69 Å². The second kappa shape index (κ2) is 5.85. The molecule has 0 fully saturated rings. The summed E-state index contributed by atoms with van der Waals surface area (Å²) >= 11 is 0. The summed E-state index contributed by atoms with van der Waals surface area (Å²) in [5, 5.41) is 34.8. The quantitative estimate of drug-likeness (QED) is 0.423. The predicted octanol–water partition coefficient (Wildman–Crippen LogP) is 2.47. The third kappa shape index (κ3) is 2.47. The molecule has 8 heteroatoms. The molecule has 2 atom stereocenters. The first-order valence-corrected chi connectivity index (χ1v) is 8.01. The lowest BCUT2D eigenvalue weighted by Crippen LogP contribution is -2.45. The summed E-state index contributed by atoms with van der Waals surface area (Å²) < 4.78 is 0. The highest BCUT2D eigenvalue weighted by Crippen LogP contribution is 2.39. The maximum absolute atomic E-state index is 11.6. The molecule has 8 nitrogen and oxygen atoms in total. The summed E-state index contributed by atoms with van der Waals surface area (Å²) in [6, 6.07) is 9.68. The normalized spacial score (nSPS) is 19.2. The summed E-state index contributed by atoms with van der Waals surface area (Å²) in [5.74, 6) is -1.15. The third-order valence-electron chi connectivity index (χ3n) is 4.74. The molecule has 0 radical (unpaired) electrons. The largest absolute Gasteiger partial charge is 0.508 e. The summed E-state index contributed by atoms with van der Waals surface area (Å²) in [7, 11) is 0. The minimum Gasteiger partial charge on any atom is -0.508 e. The van der Waals surface area contributed by atoms with E-state index in [4.69, 9.17) is 0 Å². The number of carbonyl (C=O) groups is 1. The fourth-order valence-corrected chi connectivity index (χ4v) is 3.53. The molecule has 0 amide bonds. The number of rotatable bonds is 3. The van der Waals surface area contributed by atoms with Gasteiger partial charge in [-0.05, 0) is 17.7 Å². The Morgan fingerprint density at radius 3 is 2.73 bits per heavy atom. The van der Waals surface area contributed by atoms with Crippen LogP contribution >= 0.6 is 0 Å². The molecule has 0 unspecified atom stereocenters. The lowest BCUT2D eigenvalue weighted by atomic mass is 9.90. The number of hydrogen-bond acceptors (Lipinski definition) is 5. The Bertz CT molecular complexity index is 1040. The molecule has 1 aliphatic rings. The fraction of sp³-hybridized carbons (Fsp3) is 0.167. The number of nitrogens with zero attached hydrogens (tertiary/aromatic N) is 1. The third-order valence-corrected chi connectivity index (χ3v) is 4.74. The van der Waals surface area contributed by atoms with Gasteiger partial charge in [-0.15, -0.1) is 0 Å². The highest BCUT2D eigenvalue weighted by Gasteiger charge is 2.35. The Labute approximate surface area is 147 Å². The number of carboxylic acid groups (broad SMARTS) is 1. The highest BCUT2D eigenvalue weighted by atomic mass is 16.6. The smallest absolute Gasteiger partial charge is 0.321 e. The summed E-state index contributed by atoms with van der Waals surface area (Å²) in [4.78, 5) is 25.4. The first-order chi connectivity index (χ1) is 12.5. The monoisotopic (exact) mass is 353 g/mol. The fourth-order valence-electron chi connectivity index (χ4n) is 3.53.